The molecule has 0 aliphatic rings. The number of hydrogen-bond acceptors (Lipinski definition) is 3. The molecule has 0 N–H and O–H groups in total. The number of hydrogen-bond donors (Lipinski definition) is 0. The van der Waals surface area contributed by atoms with E-state index in [9.17, 15) is 0 Å². The fourth-order valence-corrected chi connectivity index (χ4v) is 3.88. The van der Waals surface area contributed by atoms with E-state index < -0.39 is 0 Å². The lowest BCUT2D eigenvalue weighted by molar-refractivity contribution is 1.23. The molecule has 0 radical (unpaired) electrons. The van der Waals surface area contributed by atoms with E-state index >= 15 is 0 Å². The minimum atomic E-state index is 0.405. The van der Waals surface area contributed by atoms with E-state index in [1.165, 1.54) is 22.3 Å². The van der Waals surface area contributed by atoms with E-state index in [0.29, 0.717) is 6.42 Å². The zero-order valence-electron chi connectivity index (χ0n) is 10.5. The van der Waals surface area contributed by atoms with Crippen molar-refractivity contribution in [2.24, 2.45) is 0 Å². The monoisotopic (exact) mass is 320 g/mol. The van der Waals surface area contributed by atoms with Crippen molar-refractivity contribution in [2.75, 3.05) is 0 Å². The fourth-order valence-electron chi connectivity index (χ4n) is 2.14. The summed E-state index contributed by atoms with van der Waals surface area (Å²) in [5, 5.41) is 9.77. The molecule has 1 aromatic heterocycles. The predicted molar refractivity (Wildman–Crippen MR) is 78.8 cm³/mol. The van der Waals surface area contributed by atoms with Crippen molar-refractivity contribution < 1.29 is 0 Å². The van der Waals surface area contributed by atoms with Crippen molar-refractivity contribution in [3.05, 3.63) is 38.3 Å². The highest BCUT2D eigenvalue weighted by Gasteiger charge is 2.14. The van der Waals surface area contributed by atoms with Crippen LogP contribution < -0.4 is 0 Å². The Bertz CT molecular complexity index is 615. The number of halogens is 1. The molecular weight excluding hydrogens is 308 g/mol. The smallest absolute Gasteiger partial charge is 0.125 e. The summed E-state index contributed by atoms with van der Waals surface area (Å²) >= 11 is 5.02. The van der Waals surface area contributed by atoms with E-state index in [1.807, 2.05) is 0 Å². The van der Waals surface area contributed by atoms with Gasteiger partial charge in [0, 0.05) is 5.56 Å². The lowest BCUT2D eigenvalue weighted by atomic mass is 10.0. The highest BCUT2D eigenvalue weighted by molar-refractivity contribution is 9.10. The van der Waals surface area contributed by atoms with Crippen LogP contribution >= 0.6 is 27.3 Å². The highest BCUT2D eigenvalue weighted by atomic mass is 79.9. The van der Waals surface area contributed by atoms with Crippen LogP contribution in [0.1, 0.15) is 21.6 Å². The molecule has 0 amide bonds. The predicted octanol–water partition coefficient (Wildman–Crippen LogP) is 4.56. The van der Waals surface area contributed by atoms with Crippen molar-refractivity contribution >= 4 is 27.3 Å². The van der Waals surface area contributed by atoms with Gasteiger partial charge in [0.25, 0.3) is 0 Å². The Morgan fingerprint density at radius 2 is 1.89 bits per heavy atom. The molecule has 4 heteroatoms. The topological polar surface area (TPSA) is 36.7 Å². The Morgan fingerprint density at radius 1 is 1.28 bits per heavy atom. The number of rotatable bonds is 2. The van der Waals surface area contributed by atoms with Crippen LogP contribution in [0.3, 0.4) is 0 Å². The summed E-state index contributed by atoms with van der Waals surface area (Å²) in [6.45, 7) is 6.31. The maximum atomic E-state index is 8.78. The van der Waals surface area contributed by atoms with Gasteiger partial charge in [0.2, 0.25) is 0 Å². The quantitative estimate of drug-likeness (QED) is 0.813. The Hall–Kier alpha value is -1.18. The third kappa shape index (κ3) is 2.47. The van der Waals surface area contributed by atoms with Crippen LogP contribution in [0.25, 0.3) is 10.6 Å². The highest BCUT2D eigenvalue weighted by Crippen LogP contribution is 2.35. The van der Waals surface area contributed by atoms with Crippen molar-refractivity contribution in [1.82, 2.24) is 4.98 Å². The molecule has 0 saturated carbocycles. The van der Waals surface area contributed by atoms with Gasteiger partial charge in [-0.05, 0) is 47.8 Å². The fraction of sp³-hybridized carbons (Fsp3) is 0.286. The first-order chi connectivity index (χ1) is 8.52. The molecule has 2 nitrogen and oxygen atoms in total. The Morgan fingerprint density at radius 3 is 2.44 bits per heavy atom. The molecule has 0 fully saturated rings. The number of aryl methyl sites for hydroxylation is 3. The van der Waals surface area contributed by atoms with Crippen LogP contribution in [-0.2, 0) is 6.42 Å². The average molecular weight is 321 g/mol. The average Bonchev–Trinajstić information content (AvgIpc) is 2.59. The molecule has 18 heavy (non-hydrogen) atoms. The Balaban J connectivity index is 2.56. The summed E-state index contributed by atoms with van der Waals surface area (Å²) in [6.07, 6.45) is 0.405. The number of aromatic nitrogens is 1. The minimum Gasteiger partial charge on any atom is -0.229 e. The van der Waals surface area contributed by atoms with Gasteiger partial charge in [-0.25, -0.2) is 4.98 Å². The van der Waals surface area contributed by atoms with Gasteiger partial charge in [-0.1, -0.05) is 17.7 Å². The molecule has 2 aromatic rings. The first-order valence-corrected chi connectivity index (χ1v) is 7.24. The summed E-state index contributed by atoms with van der Waals surface area (Å²) in [5.74, 6) is 0. The number of thiazole rings is 1. The summed E-state index contributed by atoms with van der Waals surface area (Å²) in [4.78, 5) is 5.53. The second-order valence-corrected chi connectivity index (χ2v) is 6.18. The molecule has 0 saturated heterocycles. The first-order valence-electron chi connectivity index (χ1n) is 5.63. The molecule has 92 valence electrons. The molecule has 0 atom stereocenters. The molecule has 0 bridgehead atoms. The maximum absolute atomic E-state index is 8.78. The largest absolute Gasteiger partial charge is 0.229 e. The summed E-state index contributed by atoms with van der Waals surface area (Å²) < 4.78 is 0.795. The zero-order valence-corrected chi connectivity index (χ0v) is 12.9. The van der Waals surface area contributed by atoms with Crippen LogP contribution in [0.15, 0.2) is 16.7 Å². The molecule has 0 aliphatic carbocycles. The van der Waals surface area contributed by atoms with Crippen molar-refractivity contribution in [1.29, 1.82) is 5.26 Å². The van der Waals surface area contributed by atoms with Gasteiger partial charge < -0.3 is 0 Å². The van der Waals surface area contributed by atoms with E-state index in [2.05, 4.69) is 59.9 Å². The third-order valence-electron chi connectivity index (χ3n) is 2.78. The summed E-state index contributed by atoms with van der Waals surface area (Å²) in [6, 6.07) is 6.50. The molecule has 1 aromatic carbocycles. The van der Waals surface area contributed by atoms with Gasteiger partial charge >= 0.3 is 0 Å². The number of nitrogens with zero attached hydrogens (tertiary/aromatic N) is 2. The Labute approximate surface area is 119 Å². The van der Waals surface area contributed by atoms with Gasteiger partial charge in [0.15, 0.2) is 0 Å². The lowest BCUT2D eigenvalue weighted by Gasteiger charge is -2.08. The van der Waals surface area contributed by atoms with Crippen molar-refractivity contribution in [3.63, 3.8) is 0 Å². The summed E-state index contributed by atoms with van der Waals surface area (Å²) in [5.41, 5.74) is 4.92. The zero-order chi connectivity index (χ0) is 13.3. The molecule has 0 unspecified atom stereocenters. The van der Waals surface area contributed by atoms with Crippen LogP contribution in [0.5, 0.6) is 0 Å². The van der Waals surface area contributed by atoms with Gasteiger partial charge in [-0.3, -0.25) is 0 Å². The van der Waals surface area contributed by atoms with Gasteiger partial charge in [0.05, 0.1) is 17.4 Å². The molecule has 0 spiro atoms. The molecule has 2 rings (SSSR count). The summed E-state index contributed by atoms with van der Waals surface area (Å²) in [7, 11) is 0. The first kappa shape index (κ1) is 13.3. The minimum absolute atomic E-state index is 0.405. The second kappa shape index (κ2) is 5.21. The van der Waals surface area contributed by atoms with Crippen LogP contribution in [0.4, 0.5) is 0 Å². The second-order valence-electron chi connectivity index (χ2n) is 4.34. The van der Waals surface area contributed by atoms with E-state index in [4.69, 9.17) is 5.26 Å². The van der Waals surface area contributed by atoms with Gasteiger partial charge in [0.1, 0.15) is 9.61 Å². The number of benzene rings is 1. The number of nitriles is 1. The van der Waals surface area contributed by atoms with E-state index in [-0.39, 0.29) is 0 Å². The van der Waals surface area contributed by atoms with E-state index in [1.54, 1.807) is 11.3 Å². The van der Waals surface area contributed by atoms with Crippen LogP contribution in [0, 0.1) is 32.1 Å². The molecule has 1 heterocycles. The van der Waals surface area contributed by atoms with Crippen molar-refractivity contribution in [3.8, 4) is 16.6 Å². The van der Waals surface area contributed by atoms with Gasteiger partial charge in [-0.15, -0.1) is 11.3 Å². The third-order valence-corrected chi connectivity index (χ3v) is 4.77. The van der Waals surface area contributed by atoms with Gasteiger partial charge in [-0.2, -0.15) is 5.26 Å². The van der Waals surface area contributed by atoms with Crippen LogP contribution in [-0.4, -0.2) is 4.98 Å². The maximum Gasteiger partial charge on any atom is 0.125 e. The van der Waals surface area contributed by atoms with Crippen LogP contribution in [0.2, 0.25) is 0 Å². The van der Waals surface area contributed by atoms with Crippen molar-refractivity contribution in [2.45, 2.75) is 27.2 Å². The Kier molecular flexibility index (Phi) is 3.84. The van der Waals surface area contributed by atoms with E-state index in [0.717, 1.165) is 14.5 Å². The molecule has 0 aliphatic heterocycles. The standard InChI is InChI=1S/C14H13BrN2S/c1-8-6-9(2)12(10(3)7-8)14-17-13(15)11(18-14)4-5-16/h6-7H,4H2,1-3H3. The normalized spacial score (nSPS) is 10.4. The lowest BCUT2D eigenvalue weighted by Crippen LogP contribution is -1.89. The molecular formula is C14H13BrN2S. The SMILES string of the molecule is Cc1cc(C)c(-c2nc(Br)c(CC#N)s2)c(C)c1.